The van der Waals surface area contributed by atoms with Crippen LogP contribution in [0.4, 0.5) is 0 Å². The first-order chi connectivity index (χ1) is 51.5. The second-order valence-corrected chi connectivity index (χ2v) is 26.6. The predicted octanol–water partition coefficient (Wildman–Crippen LogP) is 24.6. The van der Waals surface area contributed by atoms with Crippen molar-refractivity contribution < 1.29 is 0 Å². The van der Waals surface area contributed by atoms with Gasteiger partial charge in [0.25, 0.3) is 0 Å². The molecule has 13 aromatic carbocycles. The minimum absolute atomic E-state index is 0.919. The first-order valence-corrected chi connectivity index (χ1v) is 35.0. The molecule has 104 heavy (non-hydrogen) atoms. The number of fused-ring (bicyclic) bond motifs is 16. The number of nitrogens with zero attached hydrogens (tertiary/aromatic N) is 8. The molecule has 8 heterocycles. The summed E-state index contributed by atoms with van der Waals surface area (Å²) in [7, 11) is 0. The van der Waals surface area contributed by atoms with Crippen molar-refractivity contribution in [2.75, 3.05) is 0 Å². The highest BCUT2D eigenvalue weighted by molar-refractivity contribution is 6.26. The summed E-state index contributed by atoms with van der Waals surface area (Å²) in [5, 5.41) is 16.4. The van der Waals surface area contributed by atoms with Crippen LogP contribution >= 0.6 is 0 Å². The Labute approximate surface area is 597 Å². The van der Waals surface area contributed by atoms with Crippen LogP contribution in [-0.4, -0.2) is 39.9 Å². The van der Waals surface area contributed by atoms with Crippen molar-refractivity contribution >= 4 is 120 Å². The Balaban J connectivity index is 0.000000142. The molecule has 0 fully saturated rings. The molecule has 482 valence electrons. The Hall–Kier alpha value is -14.1. The van der Waals surface area contributed by atoms with Crippen LogP contribution in [0.5, 0.6) is 0 Å². The van der Waals surface area contributed by atoms with E-state index in [0.717, 1.165) is 177 Å². The summed E-state index contributed by atoms with van der Waals surface area (Å²) in [6.45, 7) is 0. The van der Waals surface area contributed by atoms with Gasteiger partial charge in [-0.05, 0) is 174 Å². The van der Waals surface area contributed by atoms with E-state index in [9.17, 15) is 0 Å². The molecular formula is C96H58N8. The molecule has 0 saturated carbocycles. The maximum atomic E-state index is 5.16. The molecule has 8 nitrogen and oxygen atoms in total. The van der Waals surface area contributed by atoms with Crippen LogP contribution in [-0.2, 0) is 0 Å². The van der Waals surface area contributed by atoms with E-state index in [1.165, 1.54) is 32.3 Å². The topological polar surface area (TPSA) is 103 Å². The standard InChI is InChI=1S/C54H32N4.C42H26N4/c1-2-9-44-42(7-1)43-8-3-4-10-45(43)48-31-40(18-22-46(44)48)51-26-21-39-30-37(20-25-50(39)57-51)38-16-15-35-19-24-49(58-52(35)32-38)34-13-11-33(12-14-34)41-27-29-56-54-47(41)23-17-36-6-5-28-55-53(36)54;1-2-6-28(7-3-1)37-21-18-33-24-31(17-20-39(33)45-37)32-15-14-30-16-19-38(46-40(30)26-32)29-12-10-27(11-13-29)36-25-34-8-4-22-43-41(34)42-35(36)9-5-23-44-42/h1-32H;1-26H. The second-order valence-electron chi connectivity index (χ2n) is 26.6. The van der Waals surface area contributed by atoms with E-state index in [2.05, 4.69) is 306 Å². The third kappa shape index (κ3) is 10.7. The average Bonchev–Trinajstić information content (AvgIpc) is 0.750. The smallest absolute Gasteiger partial charge is 0.0970 e. The van der Waals surface area contributed by atoms with Gasteiger partial charge in [0.2, 0.25) is 0 Å². The van der Waals surface area contributed by atoms with Crippen molar-refractivity contribution in [1.82, 2.24) is 39.9 Å². The fraction of sp³-hybridized carbons (Fsp3) is 0. The van der Waals surface area contributed by atoms with Crippen molar-refractivity contribution in [2.45, 2.75) is 0 Å². The van der Waals surface area contributed by atoms with Gasteiger partial charge in [-0.15, -0.1) is 0 Å². The molecule has 0 bridgehead atoms. The molecule has 0 spiro atoms. The summed E-state index contributed by atoms with van der Waals surface area (Å²) in [6, 6.07) is 116. The van der Waals surface area contributed by atoms with Gasteiger partial charge in [0, 0.05) is 90.1 Å². The molecule has 21 aromatic rings. The monoisotopic (exact) mass is 1320 g/mol. The fourth-order valence-corrected chi connectivity index (χ4v) is 15.2. The zero-order chi connectivity index (χ0) is 68.6. The van der Waals surface area contributed by atoms with Gasteiger partial charge in [0.15, 0.2) is 0 Å². The molecule has 8 heteroatoms. The minimum Gasteiger partial charge on any atom is -0.254 e. The lowest BCUT2D eigenvalue weighted by Crippen LogP contribution is -1.90. The van der Waals surface area contributed by atoms with Crippen molar-refractivity contribution in [1.29, 1.82) is 0 Å². The van der Waals surface area contributed by atoms with Crippen LogP contribution in [0.15, 0.2) is 352 Å². The van der Waals surface area contributed by atoms with Gasteiger partial charge in [0.05, 0.1) is 66.9 Å². The van der Waals surface area contributed by atoms with Crippen LogP contribution in [0.25, 0.3) is 209 Å². The Kier molecular flexibility index (Phi) is 14.4. The Morgan fingerprint density at radius 3 is 1.11 bits per heavy atom. The van der Waals surface area contributed by atoms with Crippen LogP contribution in [0.2, 0.25) is 0 Å². The third-order valence-corrected chi connectivity index (χ3v) is 20.5. The van der Waals surface area contributed by atoms with Gasteiger partial charge in [0.1, 0.15) is 0 Å². The van der Waals surface area contributed by atoms with Crippen LogP contribution in [0, 0.1) is 0 Å². The van der Waals surface area contributed by atoms with Crippen molar-refractivity contribution in [3.63, 3.8) is 0 Å². The molecule has 0 aliphatic carbocycles. The molecule has 0 aliphatic heterocycles. The third-order valence-electron chi connectivity index (χ3n) is 20.5. The maximum Gasteiger partial charge on any atom is 0.0970 e. The first kappa shape index (κ1) is 59.9. The molecule has 0 saturated heterocycles. The summed E-state index contributed by atoms with van der Waals surface area (Å²) in [6.07, 6.45) is 7.36. The minimum atomic E-state index is 0.919. The molecular weight excluding hydrogens is 1270 g/mol. The molecule has 8 aromatic heterocycles. The highest BCUT2D eigenvalue weighted by Crippen LogP contribution is 2.40. The van der Waals surface area contributed by atoms with E-state index in [1.54, 1.807) is 0 Å². The SMILES string of the molecule is c1ccc(-c2ccc3cc(-c4ccc5ccc(-c6ccc(-c7cc8cccnc8c8ncccc78)cc6)nc5c4)ccc3n2)cc1.c1cnc2c(c1)ccc1c(-c3ccc(-c4ccc5ccc(-c6ccc7nc(-c8ccc9c%10ccccc%10c%10ccccc%10c9c8)ccc7c6)cc5n4)cc3)ccnc12. The first-order valence-electron chi connectivity index (χ1n) is 35.0. The summed E-state index contributed by atoms with van der Waals surface area (Å²) < 4.78 is 0. The van der Waals surface area contributed by atoms with Crippen molar-refractivity contribution in [3.8, 4) is 89.5 Å². The van der Waals surface area contributed by atoms with E-state index < -0.39 is 0 Å². The molecule has 0 amide bonds. The number of pyridine rings is 8. The van der Waals surface area contributed by atoms with Gasteiger partial charge < -0.3 is 0 Å². The lowest BCUT2D eigenvalue weighted by molar-refractivity contribution is 1.37. The molecule has 0 unspecified atom stereocenters. The highest BCUT2D eigenvalue weighted by atomic mass is 14.7. The summed E-state index contributed by atoms with van der Waals surface area (Å²) in [4.78, 5) is 38.9. The van der Waals surface area contributed by atoms with E-state index in [-0.39, 0.29) is 0 Å². The van der Waals surface area contributed by atoms with E-state index in [0.29, 0.717) is 0 Å². The average molecular weight is 1320 g/mol. The Morgan fingerprint density at radius 2 is 0.519 bits per heavy atom. The number of rotatable bonds is 8. The molecule has 0 atom stereocenters. The van der Waals surface area contributed by atoms with Gasteiger partial charge in [-0.1, -0.05) is 231 Å². The molecule has 0 aliphatic rings. The number of hydrogen-bond acceptors (Lipinski definition) is 8. The van der Waals surface area contributed by atoms with Crippen molar-refractivity contribution in [2.24, 2.45) is 0 Å². The zero-order valence-corrected chi connectivity index (χ0v) is 56.1. The van der Waals surface area contributed by atoms with Crippen molar-refractivity contribution in [3.05, 3.63) is 352 Å². The van der Waals surface area contributed by atoms with Crippen LogP contribution in [0.3, 0.4) is 0 Å². The van der Waals surface area contributed by atoms with Gasteiger partial charge >= 0.3 is 0 Å². The maximum absolute atomic E-state index is 5.16. The van der Waals surface area contributed by atoms with E-state index in [1.807, 2.05) is 61.2 Å². The quantitative estimate of drug-likeness (QED) is 0.139. The molecule has 21 rings (SSSR count). The summed E-state index contributed by atoms with van der Waals surface area (Å²) >= 11 is 0. The zero-order valence-electron chi connectivity index (χ0n) is 56.1. The van der Waals surface area contributed by atoms with E-state index >= 15 is 0 Å². The predicted molar refractivity (Wildman–Crippen MR) is 431 cm³/mol. The normalized spacial score (nSPS) is 11.7. The Bertz CT molecular complexity index is 7000. The van der Waals surface area contributed by atoms with Crippen LogP contribution < -0.4 is 0 Å². The number of aromatic nitrogens is 8. The molecule has 0 N–H and O–H groups in total. The number of hydrogen-bond donors (Lipinski definition) is 0. The number of benzene rings is 13. The fourth-order valence-electron chi connectivity index (χ4n) is 15.2. The largest absolute Gasteiger partial charge is 0.254 e. The second kappa shape index (κ2) is 25.0. The lowest BCUT2D eigenvalue weighted by atomic mass is 9.93. The van der Waals surface area contributed by atoms with Gasteiger partial charge in [-0.2, -0.15) is 0 Å². The van der Waals surface area contributed by atoms with E-state index in [4.69, 9.17) is 24.9 Å². The molecule has 0 radical (unpaired) electrons. The lowest BCUT2D eigenvalue weighted by Gasteiger charge is -2.12. The highest BCUT2D eigenvalue weighted by Gasteiger charge is 2.17. The van der Waals surface area contributed by atoms with Crippen LogP contribution in [0.1, 0.15) is 0 Å². The van der Waals surface area contributed by atoms with Gasteiger partial charge in [-0.25, -0.2) is 19.9 Å². The Morgan fingerprint density at radius 1 is 0.154 bits per heavy atom. The summed E-state index contributed by atoms with van der Waals surface area (Å²) in [5.41, 5.74) is 24.9. The van der Waals surface area contributed by atoms with Gasteiger partial charge in [-0.3, -0.25) is 19.9 Å². The summed E-state index contributed by atoms with van der Waals surface area (Å²) in [5.74, 6) is 0.